The molecule has 0 saturated carbocycles. The van der Waals surface area contributed by atoms with E-state index in [0.717, 1.165) is 5.56 Å². The van der Waals surface area contributed by atoms with E-state index in [2.05, 4.69) is 15.8 Å². The standard InChI is InChI=1S/C36H48N6O8S/c1-6-26(4)34(39-36(45)40(5)23-29-13-10-14-30(19-29)42(47)48)35(44)38-32(20-27-11-8-7-9-12-27)33(43)24-41(22-25(2)3)51(49,50)31-17-15-28(16-18-31)21-37-46/h7-19,21,25-26,32-34,43,46H,6,20,22-24H2,1-5H3,(H,38,44)(H,39,45)/b37-21+/t26?,32-,33+,34?/m0/s1. The number of urea groups is 1. The van der Waals surface area contributed by atoms with Gasteiger partial charge in [0.15, 0.2) is 0 Å². The van der Waals surface area contributed by atoms with Gasteiger partial charge in [-0.25, -0.2) is 13.2 Å². The molecule has 0 aliphatic carbocycles. The van der Waals surface area contributed by atoms with Gasteiger partial charge in [0.2, 0.25) is 15.9 Å². The number of rotatable bonds is 18. The maximum atomic E-state index is 14.0. The number of nitro groups is 1. The topological polar surface area (TPSA) is 195 Å². The normalized spacial score (nSPS) is 14.2. The molecule has 0 spiro atoms. The largest absolute Gasteiger partial charge is 0.411 e. The van der Waals surface area contributed by atoms with Crippen molar-refractivity contribution in [1.82, 2.24) is 19.8 Å². The molecule has 51 heavy (non-hydrogen) atoms. The van der Waals surface area contributed by atoms with Gasteiger partial charge in [0.1, 0.15) is 6.04 Å². The Morgan fingerprint density at radius 2 is 1.61 bits per heavy atom. The predicted octanol–water partition coefficient (Wildman–Crippen LogP) is 4.39. The van der Waals surface area contributed by atoms with Gasteiger partial charge in [-0.2, -0.15) is 4.31 Å². The van der Waals surface area contributed by atoms with Crippen LogP contribution < -0.4 is 10.6 Å². The summed E-state index contributed by atoms with van der Waals surface area (Å²) in [4.78, 5) is 39.3. The monoisotopic (exact) mass is 724 g/mol. The van der Waals surface area contributed by atoms with Crippen molar-refractivity contribution >= 4 is 33.9 Å². The molecule has 0 fully saturated rings. The minimum absolute atomic E-state index is 0.0112. The van der Waals surface area contributed by atoms with E-state index in [1.807, 2.05) is 58.0 Å². The quantitative estimate of drug-likeness (QED) is 0.0642. The van der Waals surface area contributed by atoms with Gasteiger partial charge in [-0.15, -0.1) is 0 Å². The molecule has 14 nitrogen and oxygen atoms in total. The lowest BCUT2D eigenvalue weighted by molar-refractivity contribution is -0.384. The number of aliphatic hydroxyl groups excluding tert-OH is 1. The number of hydrogen-bond acceptors (Lipinski definition) is 9. The fraction of sp³-hybridized carbons (Fsp3) is 0.417. The van der Waals surface area contributed by atoms with E-state index >= 15 is 0 Å². The van der Waals surface area contributed by atoms with Gasteiger partial charge in [-0.05, 0) is 47.1 Å². The maximum Gasteiger partial charge on any atom is 0.318 e. The highest BCUT2D eigenvalue weighted by atomic mass is 32.2. The maximum absolute atomic E-state index is 14.0. The van der Waals surface area contributed by atoms with Gasteiger partial charge in [-0.1, -0.05) is 93.9 Å². The van der Waals surface area contributed by atoms with Crippen LogP contribution in [0.25, 0.3) is 0 Å². The van der Waals surface area contributed by atoms with Gasteiger partial charge in [-0.3, -0.25) is 14.9 Å². The fourth-order valence-electron chi connectivity index (χ4n) is 5.44. The highest BCUT2D eigenvalue weighted by Gasteiger charge is 2.34. The Morgan fingerprint density at radius 1 is 0.961 bits per heavy atom. The van der Waals surface area contributed by atoms with Crippen molar-refractivity contribution in [3.05, 3.63) is 106 Å². The van der Waals surface area contributed by atoms with Crippen molar-refractivity contribution in [3.8, 4) is 0 Å². The first kappa shape index (κ1) is 40.6. The van der Waals surface area contributed by atoms with Gasteiger partial charge in [0.05, 0.1) is 28.2 Å². The highest BCUT2D eigenvalue weighted by molar-refractivity contribution is 7.89. The second-order valence-corrected chi connectivity index (χ2v) is 14.9. The lowest BCUT2D eigenvalue weighted by Gasteiger charge is -2.33. The number of benzene rings is 3. The lowest BCUT2D eigenvalue weighted by atomic mass is 9.96. The molecule has 3 rings (SSSR count). The van der Waals surface area contributed by atoms with Crippen LogP contribution in [-0.4, -0.2) is 89.3 Å². The van der Waals surface area contributed by atoms with Gasteiger partial charge in [0, 0.05) is 38.8 Å². The molecule has 15 heteroatoms. The predicted molar refractivity (Wildman–Crippen MR) is 194 cm³/mol. The van der Waals surface area contributed by atoms with Crippen LogP contribution in [-0.2, 0) is 27.8 Å². The van der Waals surface area contributed by atoms with Crippen LogP contribution in [0.15, 0.2) is 88.9 Å². The number of sulfonamides is 1. The number of amides is 3. The van der Waals surface area contributed by atoms with E-state index in [9.17, 15) is 33.2 Å². The van der Waals surface area contributed by atoms with Crippen molar-refractivity contribution < 1.29 is 33.2 Å². The Hall–Kier alpha value is -4.86. The third-order valence-electron chi connectivity index (χ3n) is 8.44. The summed E-state index contributed by atoms with van der Waals surface area (Å²) in [7, 11) is -2.58. The third-order valence-corrected chi connectivity index (χ3v) is 10.3. The van der Waals surface area contributed by atoms with Gasteiger partial charge < -0.3 is 25.8 Å². The minimum Gasteiger partial charge on any atom is -0.411 e. The van der Waals surface area contributed by atoms with Gasteiger partial charge >= 0.3 is 6.03 Å². The first-order valence-corrected chi connectivity index (χ1v) is 18.1. The summed E-state index contributed by atoms with van der Waals surface area (Å²) in [6.07, 6.45) is 0.523. The average Bonchev–Trinajstić information content (AvgIpc) is 3.10. The van der Waals surface area contributed by atoms with Crippen LogP contribution in [0.4, 0.5) is 10.5 Å². The van der Waals surface area contributed by atoms with Crippen molar-refractivity contribution in [1.29, 1.82) is 0 Å². The Labute approximate surface area is 299 Å². The van der Waals surface area contributed by atoms with Crippen molar-refractivity contribution in [2.45, 2.75) is 70.2 Å². The molecule has 3 amide bonds. The van der Waals surface area contributed by atoms with Crippen LogP contribution in [0.3, 0.4) is 0 Å². The summed E-state index contributed by atoms with van der Waals surface area (Å²) in [5.74, 6) is -0.980. The molecule has 0 heterocycles. The second-order valence-electron chi connectivity index (χ2n) is 13.0. The number of oxime groups is 1. The van der Waals surface area contributed by atoms with E-state index in [-0.39, 0.29) is 48.5 Å². The molecule has 4 atom stereocenters. The Morgan fingerprint density at radius 3 is 2.20 bits per heavy atom. The smallest absolute Gasteiger partial charge is 0.318 e. The third kappa shape index (κ3) is 11.9. The Balaban J connectivity index is 1.86. The number of hydrogen-bond donors (Lipinski definition) is 4. The fourth-order valence-corrected chi connectivity index (χ4v) is 7.06. The molecule has 3 aromatic rings. The van der Waals surface area contributed by atoms with Crippen molar-refractivity contribution in [2.24, 2.45) is 17.0 Å². The van der Waals surface area contributed by atoms with Crippen LogP contribution in [0, 0.1) is 22.0 Å². The zero-order valence-electron chi connectivity index (χ0n) is 29.5. The molecule has 0 aromatic heterocycles. The Bertz CT molecular complexity index is 1740. The van der Waals surface area contributed by atoms with Crippen LogP contribution in [0.1, 0.15) is 50.8 Å². The first-order valence-electron chi connectivity index (χ1n) is 16.7. The van der Waals surface area contributed by atoms with E-state index < -0.39 is 45.1 Å². The number of nitro benzene ring substituents is 1. The van der Waals surface area contributed by atoms with Crippen LogP contribution >= 0.6 is 0 Å². The summed E-state index contributed by atoms with van der Waals surface area (Å²) >= 11 is 0. The molecule has 3 aromatic carbocycles. The molecule has 0 aliphatic rings. The van der Waals surface area contributed by atoms with Crippen molar-refractivity contribution in [3.63, 3.8) is 0 Å². The molecular weight excluding hydrogens is 676 g/mol. The number of nitrogens with one attached hydrogen (secondary N) is 2. The second kappa shape index (κ2) is 18.9. The summed E-state index contributed by atoms with van der Waals surface area (Å²) in [6, 6.07) is 18.3. The number of carbonyl (C=O) groups excluding carboxylic acids is 2. The SMILES string of the molecule is CCC(C)C(NC(=O)N(C)Cc1cccc([N+](=O)[O-])c1)C(=O)N[C@@H](Cc1ccccc1)[C@H](O)CN(CC(C)C)S(=O)(=O)c1ccc(/C=N/O)cc1. The van der Waals surface area contributed by atoms with Crippen LogP contribution in [0.5, 0.6) is 0 Å². The molecule has 4 N–H and O–H groups in total. The van der Waals surface area contributed by atoms with E-state index in [0.29, 0.717) is 17.5 Å². The van der Waals surface area contributed by atoms with E-state index in [1.54, 1.807) is 6.07 Å². The first-order chi connectivity index (χ1) is 24.2. The average molecular weight is 725 g/mol. The molecule has 0 saturated heterocycles. The Kier molecular flexibility index (Phi) is 15.1. The zero-order chi connectivity index (χ0) is 37.7. The summed E-state index contributed by atoms with van der Waals surface area (Å²) in [6.45, 7) is 7.21. The zero-order valence-corrected chi connectivity index (χ0v) is 30.4. The molecule has 276 valence electrons. The minimum atomic E-state index is -4.10. The highest BCUT2D eigenvalue weighted by Crippen LogP contribution is 2.21. The molecule has 0 bridgehead atoms. The van der Waals surface area contributed by atoms with Gasteiger partial charge in [0.25, 0.3) is 5.69 Å². The lowest BCUT2D eigenvalue weighted by Crippen LogP contribution is -2.58. The van der Waals surface area contributed by atoms with E-state index in [4.69, 9.17) is 5.21 Å². The number of carbonyl (C=O) groups is 2. The molecular formula is C36H48N6O8S. The summed E-state index contributed by atoms with van der Waals surface area (Å²) in [5, 5.41) is 40.4. The number of non-ortho nitro benzene ring substituents is 1. The molecule has 0 aliphatic heterocycles. The number of aliphatic hydroxyl groups is 1. The summed E-state index contributed by atoms with van der Waals surface area (Å²) < 4.78 is 28.9. The van der Waals surface area contributed by atoms with Crippen LogP contribution in [0.2, 0.25) is 0 Å². The molecule has 0 radical (unpaired) electrons. The summed E-state index contributed by atoms with van der Waals surface area (Å²) in [5.41, 5.74) is 1.72. The number of nitrogens with zero attached hydrogens (tertiary/aromatic N) is 4. The van der Waals surface area contributed by atoms with Crippen molar-refractivity contribution in [2.75, 3.05) is 20.1 Å². The molecule has 2 unspecified atom stereocenters. The van der Waals surface area contributed by atoms with E-state index in [1.165, 1.54) is 64.9 Å².